The summed E-state index contributed by atoms with van der Waals surface area (Å²) in [5.41, 5.74) is -1.29. The Balaban J connectivity index is 4.68. The Bertz CT molecular complexity index is 444. The largest absolute Gasteiger partial charge is 0.465 e. The summed E-state index contributed by atoms with van der Waals surface area (Å²) in [7, 11) is 0. The number of carbonyl (C=O) groups is 2. The van der Waals surface area contributed by atoms with Crippen molar-refractivity contribution in [2.45, 2.75) is 67.5 Å². The molecule has 24 heavy (non-hydrogen) atoms. The summed E-state index contributed by atoms with van der Waals surface area (Å²) >= 11 is 0. The molecule has 0 aliphatic heterocycles. The Morgan fingerprint density at radius 1 is 0.875 bits per heavy atom. The van der Waals surface area contributed by atoms with Crippen LogP contribution in [0.25, 0.3) is 0 Å². The van der Waals surface area contributed by atoms with Crippen LogP contribution >= 0.6 is 0 Å². The van der Waals surface area contributed by atoms with E-state index in [4.69, 9.17) is 4.74 Å². The van der Waals surface area contributed by atoms with E-state index in [1.54, 1.807) is 0 Å². The Morgan fingerprint density at radius 3 is 1.75 bits per heavy atom. The lowest BCUT2D eigenvalue weighted by Crippen LogP contribution is -2.44. The second-order valence-corrected chi connectivity index (χ2v) is 8.48. The predicted octanol–water partition coefficient (Wildman–Crippen LogP) is 4.51. The first-order chi connectivity index (χ1) is 10.5. The van der Waals surface area contributed by atoms with Gasteiger partial charge in [0.15, 0.2) is 6.61 Å². The molecule has 0 aromatic heterocycles. The van der Waals surface area contributed by atoms with E-state index in [0.717, 1.165) is 0 Å². The minimum Gasteiger partial charge on any atom is -0.465 e. The highest BCUT2D eigenvalue weighted by molar-refractivity contribution is 5.78. The van der Waals surface area contributed by atoms with Gasteiger partial charge in [-0.15, -0.1) is 0 Å². The maximum absolute atomic E-state index is 12.5. The second-order valence-electron chi connectivity index (χ2n) is 8.48. The summed E-state index contributed by atoms with van der Waals surface area (Å²) in [6.07, 6.45) is -4.40. The zero-order valence-corrected chi connectivity index (χ0v) is 15.6. The summed E-state index contributed by atoms with van der Waals surface area (Å²) in [5.74, 6) is -1.51. The number of esters is 2. The van der Waals surface area contributed by atoms with E-state index in [-0.39, 0.29) is 17.4 Å². The molecule has 0 fully saturated rings. The fourth-order valence-corrected chi connectivity index (χ4v) is 2.33. The summed E-state index contributed by atoms with van der Waals surface area (Å²) in [6.45, 7) is 11.7. The average Bonchev–Trinajstić information content (AvgIpc) is 2.31. The number of ether oxygens (including phenoxy) is 2. The normalized spacial score (nSPS) is 15.6. The van der Waals surface area contributed by atoms with Crippen molar-refractivity contribution in [2.75, 3.05) is 13.2 Å². The Hall–Kier alpha value is -1.27. The van der Waals surface area contributed by atoms with E-state index in [9.17, 15) is 22.8 Å². The van der Waals surface area contributed by atoms with Gasteiger partial charge in [-0.1, -0.05) is 41.5 Å². The van der Waals surface area contributed by atoms with Gasteiger partial charge in [-0.3, -0.25) is 9.59 Å². The molecule has 0 spiro atoms. The minimum atomic E-state index is -4.57. The van der Waals surface area contributed by atoms with Crippen molar-refractivity contribution in [3.63, 3.8) is 0 Å². The Labute approximate surface area is 142 Å². The van der Waals surface area contributed by atoms with Gasteiger partial charge < -0.3 is 9.47 Å². The Morgan fingerprint density at radius 2 is 1.38 bits per heavy atom. The van der Waals surface area contributed by atoms with E-state index < -0.39 is 36.6 Å². The van der Waals surface area contributed by atoms with Crippen LogP contribution in [0.4, 0.5) is 13.2 Å². The maximum Gasteiger partial charge on any atom is 0.422 e. The molecule has 0 aliphatic carbocycles. The van der Waals surface area contributed by atoms with E-state index in [1.165, 1.54) is 0 Å². The fraction of sp³-hybridized carbons (Fsp3) is 0.882. The van der Waals surface area contributed by atoms with Gasteiger partial charge in [0.1, 0.15) is 6.61 Å². The third-order valence-corrected chi connectivity index (χ3v) is 3.93. The third-order valence-electron chi connectivity index (χ3n) is 3.93. The van der Waals surface area contributed by atoms with Crippen molar-refractivity contribution in [3.8, 4) is 0 Å². The third kappa shape index (κ3) is 8.02. The van der Waals surface area contributed by atoms with Gasteiger partial charge in [0.05, 0.1) is 11.8 Å². The van der Waals surface area contributed by atoms with Crippen LogP contribution < -0.4 is 0 Å². The highest BCUT2D eigenvalue weighted by Gasteiger charge is 2.47. The van der Waals surface area contributed by atoms with E-state index in [2.05, 4.69) is 4.74 Å². The van der Waals surface area contributed by atoms with Crippen molar-refractivity contribution in [1.82, 2.24) is 0 Å². The highest BCUT2D eigenvalue weighted by Crippen LogP contribution is 2.47. The van der Waals surface area contributed by atoms with Gasteiger partial charge in [0, 0.05) is 0 Å². The molecule has 1 atom stereocenters. The molecule has 7 heteroatoms. The molecule has 0 saturated heterocycles. The summed E-state index contributed by atoms with van der Waals surface area (Å²) in [4.78, 5) is 23.8. The lowest BCUT2D eigenvalue weighted by Gasteiger charge is -2.43. The molecule has 0 N–H and O–H groups in total. The molecule has 0 aromatic carbocycles. The van der Waals surface area contributed by atoms with Crippen LogP contribution in [-0.4, -0.2) is 31.3 Å². The van der Waals surface area contributed by atoms with Gasteiger partial charge in [0.2, 0.25) is 0 Å². The van der Waals surface area contributed by atoms with Crippen LogP contribution in [-0.2, 0) is 19.1 Å². The molecule has 0 amide bonds. The van der Waals surface area contributed by atoms with Gasteiger partial charge >= 0.3 is 18.1 Å². The number of rotatable bonds is 6. The molecule has 0 heterocycles. The second kappa shape index (κ2) is 7.74. The maximum atomic E-state index is 12.5. The predicted molar refractivity (Wildman–Crippen MR) is 84.2 cm³/mol. The summed E-state index contributed by atoms with van der Waals surface area (Å²) in [6, 6.07) is 0. The lowest BCUT2D eigenvalue weighted by molar-refractivity contribution is -0.187. The number of halogens is 3. The van der Waals surface area contributed by atoms with Crippen LogP contribution in [0.3, 0.4) is 0 Å². The zero-order valence-electron chi connectivity index (χ0n) is 15.6. The van der Waals surface area contributed by atoms with Gasteiger partial charge in [0.25, 0.3) is 0 Å². The minimum absolute atomic E-state index is 0.118. The fourth-order valence-electron chi connectivity index (χ4n) is 2.33. The molecular formula is C17H29F3O4. The Kier molecular flexibility index (Phi) is 7.33. The van der Waals surface area contributed by atoms with Gasteiger partial charge in [-0.2, -0.15) is 13.2 Å². The van der Waals surface area contributed by atoms with Crippen molar-refractivity contribution < 1.29 is 32.2 Å². The topological polar surface area (TPSA) is 52.6 Å². The SMILES string of the molecule is CC(C)(C)CC(C)(C(=O)OCCC(=O)OCC(F)(F)F)C(C)(C)C. The lowest BCUT2D eigenvalue weighted by atomic mass is 9.61. The first-order valence-corrected chi connectivity index (χ1v) is 7.88. The molecule has 0 saturated carbocycles. The molecule has 142 valence electrons. The molecule has 0 aliphatic rings. The average molecular weight is 354 g/mol. The molecule has 0 bridgehead atoms. The van der Waals surface area contributed by atoms with Gasteiger partial charge in [-0.05, 0) is 24.2 Å². The first-order valence-electron chi connectivity index (χ1n) is 7.88. The van der Waals surface area contributed by atoms with E-state index in [1.807, 2.05) is 48.5 Å². The zero-order chi connectivity index (χ0) is 19.4. The molecule has 4 nitrogen and oxygen atoms in total. The number of carbonyl (C=O) groups excluding carboxylic acids is 2. The van der Waals surface area contributed by atoms with Crippen molar-refractivity contribution >= 4 is 11.9 Å². The standard InChI is InChI=1S/C17H29F3O4/c1-14(2,3)10-16(7,15(4,5)6)13(22)23-9-8-12(21)24-11-17(18,19)20/h8-11H2,1-7H3. The number of alkyl halides is 3. The first kappa shape index (κ1) is 22.7. The van der Waals surface area contributed by atoms with E-state index in [0.29, 0.717) is 6.42 Å². The highest BCUT2D eigenvalue weighted by atomic mass is 19.4. The van der Waals surface area contributed by atoms with Crippen LogP contribution in [0, 0.1) is 16.2 Å². The summed E-state index contributed by atoms with van der Waals surface area (Å²) < 4.78 is 45.1. The number of hydrogen-bond acceptors (Lipinski definition) is 4. The van der Waals surface area contributed by atoms with Crippen LogP contribution in [0.15, 0.2) is 0 Å². The number of hydrogen-bond donors (Lipinski definition) is 0. The quantitative estimate of drug-likeness (QED) is 0.659. The van der Waals surface area contributed by atoms with Crippen molar-refractivity contribution in [1.29, 1.82) is 0 Å². The van der Waals surface area contributed by atoms with Crippen molar-refractivity contribution in [3.05, 3.63) is 0 Å². The summed E-state index contributed by atoms with van der Waals surface area (Å²) in [5, 5.41) is 0. The van der Waals surface area contributed by atoms with Crippen LogP contribution in [0.2, 0.25) is 0 Å². The van der Waals surface area contributed by atoms with Crippen LogP contribution in [0.1, 0.15) is 61.3 Å². The van der Waals surface area contributed by atoms with E-state index >= 15 is 0 Å². The molecule has 1 unspecified atom stereocenters. The molecule has 0 aromatic rings. The van der Waals surface area contributed by atoms with Crippen LogP contribution in [0.5, 0.6) is 0 Å². The monoisotopic (exact) mass is 354 g/mol. The molecule has 0 radical (unpaired) electrons. The smallest absolute Gasteiger partial charge is 0.422 e. The van der Waals surface area contributed by atoms with Gasteiger partial charge in [-0.25, -0.2) is 0 Å². The molecule has 0 rings (SSSR count). The van der Waals surface area contributed by atoms with Crippen molar-refractivity contribution in [2.24, 2.45) is 16.2 Å². The molecular weight excluding hydrogens is 325 g/mol.